The third-order valence-electron chi connectivity index (χ3n) is 3.83. The molecule has 2 bridgehead atoms. The Morgan fingerprint density at radius 1 is 1.39 bits per heavy atom. The van der Waals surface area contributed by atoms with Gasteiger partial charge in [-0.15, -0.1) is 0 Å². The van der Waals surface area contributed by atoms with Gasteiger partial charge < -0.3 is 0 Å². The number of rotatable bonds is 2. The van der Waals surface area contributed by atoms with Gasteiger partial charge in [0, 0.05) is 6.07 Å². The Labute approximate surface area is 102 Å². The van der Waals surface area contributed by atoms with E-state index >= 15 is 0 Å². The maximum atomic E-state index is 12.0. The van der Waals surface area contributed by atoms with E-state index in [-0.39, 0.29) is 11.6 Å². The second-order valence-electron chi connectivity index (χ2n) is 5.05. The predicted molar refractivity (Wildman–Crippen MR) is 60.0 cm³/mol. The number of imide groups is 1. The lowest BCUT2D eigenvalue weighted by atomic mass is 9.44. The lowest BCUT2D eigenvalue weighted by Crippen LogP contribution is -2.63. The van der Waals surface area contributed by atoms with Crippen molar-refractivity contribution in [2.24, 2.45) is 17.2 Å². The van der Waals surface area contributed by atoms with E-state index in [4.69, 9.17) is 5.84 Å². The highest BCUT2D eigenvalue weighted by Crippen LogP contribution is 2.64. The molecule has 1 heterocycles. The second kappa shape index (κ2) is 3.49. The Balaban J connectivity index is 1.77. The van der Waals surface area contributed by atoms with Crippen LogP contribution >= 0.6 is 0 Å². The molecule has 0 saturated heterocycles. The molecule has 3 saturated carbocycles. The minimum Gasteiger partial charge on any atom is -0.272 e. The van der Waals surface area contributed by atoms with E-state index in [0.29, 0.717) is 10.9 Å². The molecule has 18 heavy (non-hydrogen) atoms. The first-order valence-corrected chi connectivity index (χ1v) is 5.71. The maximum absolute atomic E-state index is 12.0. The van der Waals surface area contributed by atoms with Crippen molar-refractivity contribution in [3.63, 3.8) is 0 Å². The van der Waals surface area contributed by atoms with Crippen LogP contribution in [0.3, 0.4) is 0 Å². The van der Waals surface area contributed by atoms with Gasteiger partial charge in [-0.2, -0.15) is 5.10 Å². The lowest BCUT2D eigenvalue weighted by molar-refractivity contribution is -0.174. The van der Waals surface area contributed by atoms with E-state index in [9.17, 15) is 14.4 Å². The summed E-state index contributed by atoms with van der Waals surface area (Å²) in [5, 5.41) is 6.31. The van der Waals surface area contributed by atoms with E-state index in [0.717, 1.165) is 19.3 Å². The fourth-order valence-corrected chi connectivity index (χ4v) is 2.68. The number of carbonyl (C=O) groups is 2. The van der Waals surface area contributed by atoms with Gasteiger partial charge in [-0.05, 0) is 31.2 Å². The zero-order valence-electron chi connectivity index (χ0n) is 9.55. The number of hydrogen-bond donors (Lipinski definition) is 2. The molecule has 7 nitrogen and oxygen atoms in total. The van der Waals surface area contributed by atoms with Crippen LogP contribution in [0.4, 0.5) is 0 Å². The standard InChI is InChI=1S/C11H12N4O3/c12-15(10(18)11-3-6(4-11)5-11)9(17)7-1-2-8(16)14-13-7/h1-2,6H,3-5,12H2,(H,14,16). The van der Waals surface area contributed by atoms with Gasteiger partial charge in [0.1, 0.15) is 0 Å². The largest absolute Gasteiger partial charge is 0.295 e. The van der Waals surface area contributed by atoms with Gasteiger partial charge in [0.05, 0.1) is 5.41 Å². The highest BCUT2D eigenvalue weighted by molar-refractivity contribution is 6.05. The van der Waals surface area contributed by atoms with Crippen molar-refractivity contribution < 1.29 is 9.59 Å². The van der Waals surface area contributed by atoms with Gasteiger partial charge >= 0.3 is 0 Å². The van der Waals surface area contributed by atoms with E-state index in [1.165, 1.54) is 12.1 Å². The smallest absolute Gasteiger partial charge is 0.272 e. The Morgan fingerprint density at radius 3 is 2.50 bits per heavy atom. The van der Waals surface area contributed by atoms with Gasteiger partial charge in [0.15, 0.2) is 5.69 Å². The van der Waals surface area contributed by atoms with Crippen LogP contribution in [0.25, 0.3) is 0 Å². The molecule has 3 fully saturated rings. The zero-order valence-corrected chi connectivity index (χ0v) is 9.55. The van der Waals surface area contributed by atoms with Gasteiger partial charge in [-0.1, -0.05) is 0 Å². The monoisotopic (exact) mass is 248 g/mol. The number of carbonyl (C=O) groups excluding carboxylic acids is 2. The van der Waals surface area contributed by atoms with Crippen molar-refractivity contribution in [1.29, 1.82) is 0 Å². The molecule has 3 aliphatic rings. The van der Waals surface area contributed by atoms with Crippen LogP contribution in [0, 0.1) is 11.3 Å². The quantitative estimate of drug-likeness (QED) is 0.315. The Morgan fingerprint density at radius 2 is 2.06 bits per heavy atom. The molecule has 0 radical (unpaired) electrons. The fourth-order valence-electron chi connectivity index (χ4n) is 2.68. The molecular weight excluding hydrogens is 236 g/mol. The number of nitrogens with one attached hydrogen (secondary N) is 1. The molecule has 0 unspecified atom stereocenters. The van der Waals surface area contributed by atoms with Crippen LogP contribution in [0.2, 0.25) is 0 Å². The minimum absolute atomic E-state index is 0.0444. The van der Waals surface area contributed by atoms with Crippen LogP contribution in [0.5, 0.6) is 0 Å². The van der Waals surface area contributed by atoms with E-state index in [1.807, 2.05) is 0 Å². The summed E-state index contributed by atoms with van der Waals surface area (Å²) in [5.74, 6) is 5.14. The van der Waals surface area contributed by atoms with Crippen molar-refractivity contribution >= 4 is 11.8 Å². The second-order valence-corrected chi connectivity index (χ2v) is 5.05. The van der Waals surface area contributed by atoms with E-state index < -0.39 is 16.9 Å². The van der Waals surface area contributed by atoms with Crippen LogP contribution in [-0.2, 0) is 4.79 Å². The van der Waals surface area contributed by atoms with Crippen LogP contribution in [0.15, 0.2) is 16.9 Å². The molecule has 3 N–H and O–H groups in total. The van der Waals surface area contributed by atoms with Gasteiger partial charge in [0.2, 0.25) is 5.91 Å². The van der Waals surface area contributed by atoms with Crippen molar-refractivity contribution in [1.82, 2.24) is 15.2 Å². The highest BCUT2D eigenvalue weighted by atomic mass is 16.2. The van der Waals surface area contributed by atoms with Crippen molar-refractivity contribution in [3.05, 3.63) is 28.2 Å². The molecule has 0 atom stereocenters. The molecule has 7 heteroatoms. The molecule has 0 spiro atoms. The number of aromatic nitrogens is 2. The average Bonchev–Trinajstić information content (AvgIpc) is 2.24. The molecule has 0 aromatic carbocycles. The zero-order chi connectivity index (χ0) is 12.9. The average molecular weight is 248 g/mol. The van der Waals surface area contributed by atoms with Crippen LogP contribution in [-0.4, -0.2) is 27.0 Å². The third-order valence-corrected chi connectivity index (χ3v) is 3.83. The Hall–Kier alpha value is -2.02. The number of nitrogens with zero attached hydrogens (tertiary/aromatic N) is 2. The summed E-state index contributed by atoms with van der Waals surface area (Å²) in [5.41, 5.74) is -0.866. The van der Waals surface area contributed by atoms with E-state index in [2.05, 4.69) is 10.2 Å². The summed E-state index contributed by atoms with van der Waals surface area (Å²) in [6.45, 7) is 0. The van der Waals surface area contributed by atoms with Crippen molar-refractivity contribution in [2.45, 2.75) is 19.3 Å². The molecule has 3 aliphatic carbocycles. The minimum atomic E-state index is -0.694. The molecular formula is C11H12N4O3. The summed E-state index contributed by atoms with van der Waals surface area (Å²) >= 11 is 0. The van der Waals surface area contributed by atoms with Crippen molar-refractivity contribution in [3.8, 4) is 0 Å². The molecule has 2 amide bonds. The topological polar surface area (TPSA) is 109 Å². The van der Waals surface area contributed by atoms with Gasteiger partial charge in [0.25, 0.3) is 11.5 Å². The van der Waals surface area contributed by atoms with Crippen LogP contribution < -0.4 is 11.4 Å². The Kier molecular flexibility index (Phi) is 2.15. The van der Waals surface area contributed by atoms with Gasteiger partial charge in [-0.25, -0.2) is 16.0 Å². The first kappa shape index (κ1) is 11.1. The SMILES string of the molecule is NN(C(=O)c1ccc(=O)[nH]n1)C(=O)C12CC(C1)C2. The molecule has 0 aliphatic heterocycles. The third kappa shape index (κ3) is 1.40. The number of hydrazine groups is 1. The number of amides is 2. The van der Waals surface area contributed by atoms with Gasteiger partial charge in [-0.3, -0.25) is 14.4 Å². The number of H-pyrrole nitrogens is 1. The van der Waals surface area contributed by atoms with E-state index in [1.54, 1.807) is 0 Å². The first-order valence-electron chi connectivity index (χ1n) is 5.71. The number of nitrogens with two attached hydrogens (primary N) is 1. The Bertz CT molecular complexity index is 557. The summed E-state index contributed by atoms with van der Waals surface area (Å²) in [4.78, 5) is 34.8. The fraction of sp³-hybridized carbons (Fsp3) is 0.455. The molecule has 1 aromatic rings. The summed E-state index contributed by atoms with van der Waals surface area (Å²) in [6, 6.07) is 2.41. The summed E-state index contributed by atoms with van der Waals surface area (Å²) in [7, 11) is 0. The summed E-state index contributed by atoms with van der Waals surface area (Å²) in [6.07, 6.45) is 2.48. The highest BCUT2D eigenvalue weighted by Gasteiger charge is 2.62. The molecule has 94 valence electrons. The number of aromatic amines is 1. The van der Waals surface area contributed by atoms with Crippen molar-refractivity contribution in [2.75, 3.05) is 0 Å². The predicted octanol–water partition coefficient (Wildman–Crippen LogP) is -0.588. The first-order chi connectivity index (χ1) is 8.52. The molecule has 4 rings (SSSR count). The lowest BCUT2D eigenvalue weighted by Gasteiger charge is -2.60. The summed E-state index contributed by atoms with van der Waals surface area (Å²) < 4.78 is 0. The normalized spacial score (nSPS) is 27.9. The van der Waals surface area contributed by atoms with Crippen LogP contribution in [0.1, 0.15) is 29.8 Å². The maximum Gasteiger partial charge on any atom is 0.295 e. The number of hydrogen-bond acceptors (Lipinski definition) is 5. The molecule has 1 aromatic heterocycles.